The lowest BCUT2D eigenvalue weighted by Gasteiger charge is -2.33. The highest BCUT2D eigenvalue weighted by Crippen LogP contribution is 2.47. The molecule has 40 heavy (non-hydrogen) atoms. The van der Waals surface area contributed by atoms with Crippen LogP contribution >= 0.6 is 0 Å². The van der Waals surface area contributed by atoms with Crippen molar-refractivity contribution < 1.29 is 36.4 Å². The van der Waals surface area contributed by atoms with E-state index in [0.717, 1.165) is 6.08 Å². The Morgan fingerprint density at radius 3 is 2.48 bits per heavy atom. The summed E-state index contributed by atoms with van der Waals surface area (Å²) in [5, 5.41) is 37.8. The van der Waals surface area contributed by atoms with Crippen LogP contribution in [0.3, 0.4) is 0 Å². The van der Waals surface area contributed by atoms with Gasteiger partial charge in [0.2, 0.25) is 20.7 Å². The number of primary sulfonamides is 1. The van der Waals surface area contributed by atoms with E-state index in [1.807, 2.05) is 0 Å². The Kier molecular flexibility index (Phi) is 7.46. The number of aliphatic hydroxyl groups is 1. The third kappa shape index (κ3) is 5.55. The molecule has 1 unspecified atom stereocenters. The zero-order chi connectivity index (χ0) is 29.5. The van der Waals surface area contributed by atoms with Crippen molar-refractivity contribution >= 4 is 48.5 Å². The first-order valence-electron chi connectivity index (χ1n) is 11.6. The molecule has 1 amide bonds. The van der Waals surface area contributed by atoms with Gasteiger partial charge in [0.05, 0.1) is 16.8 Å². The van der Waals surface area contributed by atoms with Crippen LogP contribution in [0.15, 0.2) is 59.9 Å². The quantitative estimate of drug-likeness (QED) is 0.0749. The van der Waals surface area contributed by atoms with Crippen molar-refractivity contribution in [3.8, 4) is 5.75 Å². The third-order valence-electron chi connectivity index (χ3n) is 6.34. The van der Waals surface area contributed by atoms with Crippen LogP contribution in [0.5, 0.6) is 5.75 Å². The summed E-state index contributed by atoms with van der Waals surface area (Å²) in [5.41, 5.74) is 6.63. The van der Waals surface area contributed by atoms with Crippen molar-refractivity contribution in [3.63, 3.8) is 0 Å². The zero-order valence-electron chi connectivity index (χ0n) is 20.7. The molecular formula is C24H26N6O8S2. The molecule has 0 saturated carbocycles. The molecule has 212 valence electrons. The molecule has 0 fully saturated rings. The number of benzene rings is 2. The summed E-state index contributed by atoms with van der Waals surface area (Å²) < 4.78 is 55.0. The lowest BCUT2D eigenvalue weighted by atomic mass is 9.83. The second-order valence-electron chi connectivity index (χ2n) is 9.15. The fraction of sp³-hybridized carbons (Fsp3) is 0.208. The number of rotatable bonds is 9. The smallest absolute Gasteiger partial charge is 0.266 e. The molecule has 0 radical (unpaired) electrons. The predicted molar refractivity (Wildman–Crippen MR) is 146 cm³/mol. The van der Waals surface area contributed by atoms with Gasteiger partial charge in [-0.3, -0.25) is 14.8 Å². The van der Waals surface area contributed by atoms with Crippen LogP contribution in [-0.2, 0) is 29.7 Å². The van der Waals surface area contributed by atoms with Gasteiger partial charge in [-0.2, -0.15) is 8.42 Å². The van der Waals surface area contributed by atoms with E-state index in [0.29, 0.717) is 5.56 Å². The number of nitrogens with zero attached hydrogens (tertiary/aromatic N) is 1. The van der Waals surface area contributed by atoms with E-state index >= 15 is 0 Å². The van der Waals surface area contributed by atoms with Crippen LogP contribution in [0.2, 0.25) is 0 Å². The lowest BCUT2D eigenvalue weighted by molar-refractivity contribution is -0.120. The number of aromatic nitrogens is 2. The fourth-order valence-corrected chi connectivity index (χ4v) is 5.93. The number of sulfonamides is 1. The van der Waals surface area contributed by atoms with Gasteiger partial charge in [-0.25, -0.2) is 18.5 Å². The largest absolute Gasteiger partial charge is 0.509 e. The van der Waals surface area contributed by atoms with Crippen molar-refractivity contribution in [2.75, 3.05) is 12.3 Å². The molecule has 1 aliphatic carbocycles. The molecule has 0 bridgehead atoms. The number of carbonyl (C=O) groups is 1. The van der Waals surface area contributed by atoms with Crippen LogP contribution in [-0.4, -0.2) is 65.6 Å². The van der Waals surface area contributed by atoms with Crippen LogP contribution in [0.1, 0.15) is 29.8 Å². The van der Waals surface area contributed by atoms with Crippen LogP contribution in [0.25, 0.3) is 16.6 Å². The SMILES string of the molecule is N=C(N)c1ccc2nc(C3(S(N)(=O)=O)C=C(CC(=O)NCCS(=O)(=O)O)CC(c4ccccc4O)=C3O)[nH]c2c1. The number of allylic oxidation sites excluding steroid dienone is 1. The topological polar surface area (TPSA) is 263 Å². The van der Waals surface area contributed by atoms with Gasteiger partial charge in [-0.05, 0) is 36.8 Å². The van der Waals surface area contributed by atoms with Crippen molar-refractivity contribution in [2.45, 2.75) is 17.6 Å². The van der Waals surface area contributed by atoms with Crippen LogP contribution < -0.4 is 16.2 Å². The number of phenolic OH excluding ortho intramolecular Hbond substituents is 1. The van der Waals surface area contributed by atoms with Gasteiger partial charge in [0.25, 0.3) is 10.1 Å². The number of aliphatic hydroxyl groups excluding tert-OH is 1. The van der Waals surface area contributed by atoms with Crippen LogP contribution in [0.4, 0.5) is 0 Å². The monoisotopic (exact) mass is 590 g/mol. The number of fused-ring (bicyclic) bond motifs is 1. The van der Waals surface area contributed by atoms with Crippen LogP contribution in [0, 0.1) is 5.41 Å². The number of amidine groups is 1. The normalized spacial score (nSPS) is 18.0. The molecule has 2 aromatic carbocycles. The first-order valence-corrected chi connectivity index (χ1v) is 14.8. The number of para-hydroxylation sites is 1. The van der Waals surface area contributed by atoms with Crippen molar-refractivity contribution in [1.29, 1.82) is 5.41 Å². The van der Waals surface area contributed by atoms with E-state index in [-0.39, 0.29) is 51.6 Å². The summed E-state index contributed by atoms with van der Waals surface area (Å²) in [7, 11) is -9.13. The Hall–Kier alpha value is -4.25. The number of carbonyl (C=O) groups excluding carboxylic acids is 1. The van der Waals surface area contributed by atoms with Gasteiger partial charge in [0, 0.05) is 29.7 Å². The molecule has 0 aliphatic heterocycles. The number of aromatic amines is 1. The van der Waals surface area contributed by atoms with Gasteiger partial charge in [-0.15, -0.1) is 0 Å². The first-order chi connectivity index (χ1) is 18.6. The van der Waals surface area contributed by atoms with E-state index < -0.39 is 55.3 Å². The Bertz CT molecular complexity index is 1810. The molecule has 1 atom stereocenters. The van der Waals surface area contributed by atoms with E-state index in [1.54, 1.807) is 6.07 Å². The molecule has 3 aromatic rings. The van der Waals surface area contributed by atoms with E-state index in [9.17, 15) is 31.8 Å². The zero-order valence-corrected chi connectivity index (χ0v) is 22.4. The molecule has 1 heterocycles. The Morgan fingerprint density at radius 1 is 1.15 bits per heavy atom. The number of nitrogens with one attached hydrogen (secondary N) is 3. The molecule has 10 N–H and O–H groups in total. The van der Waals surface area contributed by atoms with Crippen molar-refractivity contribution in [1.82, 2.24) is 15.3 Å². The lowest BCUT2D eigenvalue weighted by Crippen LogP contribution is -2.44. The number of nitrogen functional groups attached to an aromatic ring is 1. The Labute approximate surface area is 228 Å². The van der Waals surface area contributed by atoms with E-state index in [1.165, 1.54) is 36.4 Å². The number of imidazole rings is 1. The Balaban J connectivity index is 1.91. The number of hydrogen-bond acceptors (Lipinski definition) is 9. The fourth-order valence-electron chi connectivity index (χ4n) is 4.48. The van der Waals surface area contributed by atoms with Crippen molar-refractivity contribution in [3.05, 3.63) is 76.8 Å². The number of aromatic hydroxyl groups is 1. The number of nitrogens with two attached hydrogens (primary N) is 2. The van der Waals surface area contributed by atoms with Gasteiger partial charge < -0.3 is 26.2 Å². The minimum absolute atomic E-state index is 0.0414. The molecule has 14 nitrogen and oxygen atoms in total. The number of phenols is 1. The van der Waals surface area contributed by atoms with E-state index in [4.69, 9.17) is 20.8 Å². The Morgan fingerprint density at radius 2 is 1.85 bits per heavy atom. The maximum Gasteiger partial charge on any atom is 0.266 e. The molecule has 16 heteroatoms. The first kappa shape index (κ1) is 28.8. The average molecular weight is 591 g/mol. The highest BCUT2D eigenvalue weighted by atomic mass is 32.2. The summed E-state index contributed by atoms with van der Waals surface area (Å²) in [6, 6.07) is 10.3. The molecule has 1 aromatic heterocycles. The summed E-state index contributed by atoms with van der Waals surface area (Å²) >= 11 is 0. The second-order valence-corrected chi connectivity index (χ2v) is 12.5. The van der Waals surface area contributed by atoms with E-state index in [2.05, 4.69) is 15.3 Å². The molecule has 0 spiro atoms. The second kappa shape index (κ2) is 10.4. The number of hydrogen-bond donors (Lipinski definition) is 8. The standard InChI is InChI=1S/C24H26N6O8S2/c25-22(26)14-5-6-17-18(11-14)30-23(29-17)24(40(27,37)38)12-13(10-20(32)28-7-8-39(34,35)36)9-16(21(24)33)15-3-1-2-4-19(15)31/h1-6,11-12,31,33H,7-10H2,(H3,25,26)(H,28,32)(H,29,30)(H2,27,37,38)(H,34,35,36). The minimum atomic E-state index is -4.79. The summed E-state index contributed by atoms with van der Waals surface area (Å²) in [6.45, 7) is -0.402. The van der Waals surface area contributed by atoms with Gasteiger partial charge in [0.1, 0.15) is 23.2 Å². The summed E-state index contributed by atoms with van der Waals surface area (Å²) in [6.07, 6.45) is 0.468. The van der Waals surface area contributed by atoms with Gasteiger partial charge >= 0.3 is 0 Å². The molecule has 4 rings (SSSR count). The number of H-pyrrole nitrogens is 1. The third-order valence-corrected chi connectivity index (χ3v) is 8.46. The predicted octanol–water partition coefficient (Wildman–Crippen LogP) is 0.730. The number of amides is 1. The highest BCUT2D eigenvalue weighted by Gasteiger charge is 2.52. The molecular weight excluding hydrogens is 564 g/mol. The molecule has 1 aliphatic rings. The maximum atomic E-state index is 13.3. The maximum absolute atomic E-state index is 13.3. The highest BCUT2D eigenvalue weighted by molar-refractivity contribution is 7.90. The minimum Gasteiger partial charge on any atom is -0.509 e. The average Bonchev–Trinajstić information content (AvgIpc) is 3.27. The molecule has 0 saturated heterocycles. The van der Waals surface area contributed by atoms with Crippen molar-refractivity contribution in [2.24, 2.45) is 10.9 Å². The van der Waals surface area contributed by atoms with Gasteiger partial charge in [-0.1, -0.05) is 23.8 Å². The summed E-state index contributed by atoms with van der Waals surface area (Å²) in [5.74, 6) is -3.03. The summed E-state index contributed by atoms with van der Waals surface area (Å²) in [4.78, 5) is 19.8. The van der Waals surface area contributed by atoms with Gasteiger partial charge in [0.15, 0.2) is 0 Å².